The summed E-state index contributed by atoms with van der Waals surface area (Å²) in [5, 5.41) is 10.7. The Balaban J connectivity index is 0.000000383. The summed E-state index contributed by atoms with van der Waals surface area (Å²) in [6.07, 6.45) is 2.81. The number of aromatic nitrogens is 3. The second-order valence-corrected chi connectivity index (χ2v) is 7.17. The normalized spacial score (nSPS) is 15.1. The molecule has 8 nitrogen and oxygen atoms in total. The molecule has 174 valence electrons. The Hall–Kier alpha value is -3.73. The number of alkyl halides is 3. The van der Waals surface area contributed by atoms with Crippen molar-refractivity contribution in [1.29, 1.82) is 0 Å². The van der Waals surface area contributed by atoms with E-state index in [1.54, 1.807) is 24.7 Å². The summed E-state index contributed by atoms with van der Waals surface area (Å²) in [4.78, 5) is 31.4. The number of fused-ring (bicyclic) bond motifs is 1. The van der Waals surface area contributed by atoms with Gasteiger partial charge >= 0.3 is 12.1 Å². The average Bonchev–Trinajstić information content (AvgIpc) is 2.79. The van der Waals surface area contributed by atoms with Gasteiger partial charge in [-0.25, -0.2) is 9.78 Å². The lowest BCUT2D eigenvalue weighted by molar-refractivity contribution is -0.192. The van der Waals surface area contributed by atoms with Crippen molar-refractivity contribution in [3.63, 3.8) is 0 Å². The van der Waals surface area contributed by atoms with Crippen LogP contribution in [0.5, 0.6) is 11.6 Å². The van der Waals surface area contributed by atoms with E-state index in [1.807, 2.05) is 30.3 Å². The van der Waals surface area contributed by atoms with E-state index < -0.39 is 12.1 Å². The van der Waals surface area contributed by atoms with Gasteiger partial charge in [-0.05, 0) is 42.5 Å². The second-order valence-electron chi connectivity index (χ2n) is 7.17. The van der Waals surface area contributed by atoms with E-state index in [2.05, 4.69) is 20.3 Å². The molecule has 1 aromatic carbocycles. The molecule has 3 aromatic rings. The lowest BCUT2D eigenvalue weighted by Crippen LogP contribution is -2.27. The first kappa shape index (κ1) is 23.9. The predicted octanol–water partition coefficient (Wildman–Crippen LogP) is 3.76. The summed E-state index contributed by atoms with van der Waals surface area (Å²) in [7, 11) is 0. The smallest absolute Gasteiger partial charge is 0.475 e. The molecule has 3 N–H and O–H groups in total. The monoisotopic (exact) mass is 462 g/mol. The first-order valence-electron chi connectivity index (χ1n) is 10.0. The van der Waals surface area contributed by atoms with Crippen LogP contribution in [0.4, 0.5) is 13.2 Å². The number of pyridine rings is 1. The fraction of sp³-hybridized carbons (Fsp3) is 0.273. The highest BCUT2D eigenvalue weighted by Gasteiger charge is 2.38. The number of aryl methyl sites for hydroxylation is 1. The zero-order chi connectivity index (χ0) is 23.8. The van der Waals surface area contributed by atoms with Crippen molar-refractivity contribution in [2.45, 2.75) is 38.0 Å². The van der Waals surface area contributed by atoms with Crippen molar-refractivity contribution in [3.05, 3.63) is 82.2 Å². The molecule has 1 aliphatic carbocycles. The van der Waals surface area contributed by atoms with Crippen LogP contribution >= 0.6 is 0 Å². The van der Waals surface area contributed by atoms with Crippen LogP contribution in [-0.2, 0) is 17.8 Å². The van der Waals surface area contributed by atoms with E-state index in [1.165, 1.54) is 11.1 Å². The van der Waals surface area contributed by atoms with Crippen molar-refractivity contribution < 1.29 is 27.8 Å². The van der Waals surface area contributed by atoms with Crippen LogP contribution < -0.4 is 15.6 Å². The topological polar surface area (TPSA) is 117 Å². The third-order valence-corrected chi connectivity index (χ3v) is 4.81. The summed E-state index contributed by atoms with van der Waals surface area (Å²) < 4.78 is 37.4. The van der Waals surface area contributed by atoms with E-state index in [-0.39, 0.29) is 11.6 Å². The number of rotatable bonds is 5. The highest BCUT2D eigenvalue weighted by Crippen LogP contribution is 2.28. The van der Waals surface area contributed by atoms with Crippen LogP contribution in [0.3, 0.4) is 0 Å². The first-order chi connectivity index (χ1) is 15.7. The van der Waals surface area contributed by atoms with Gasteiger partial charge in [0.25, 0.3) is 0 Å². The van der Waals surface area contributed by atoms with Crippen LogP contribution in [0.2, 0.25) is 0 Å². The SMILES string of the molecule is O=C(O)C(F)(F)F.O=c1ccc2c([nH]1)CCCC2NCc1ccc(Oc2cnccn2)cc1. The Morgan fingerprint density at radius 1 is 1.18 bits per heavy atom. The molecule has 33 heavy (non-hydrogen) atoms. The molecule has 2 aromatic heterocycles. The number of carbonyl (C=O) groups is 1. The lowest BCUT2D eigenvalue weighted by Gasteiger charge is -2.26. The standard InChI is InChI=1S/C20H20N4O2.C2HF3O2/c25-19-9-8-16-17(2-1-3-18(16)24-19)23-12-14-4-6-15(7-5-14)26-20-13-21-10-11-22-20;3-2(4,5)1(6)7/h4-11,13,17,23H,1-3,12H2,(H,24,25);(H,6,7). The number of ether oxygens (including phenoxy) is 1. The Kier molecular flexibility index (Phi) is 7.78. The number of nitrogens with zero attached hydrogens (tertiary/aromatic N) is 2. The van der Waals surface area contributed by atoms with Crippen LogP contribution in [0, 0.1) is 0 Å². The number of nitrogens with one attached hydrogen (secondary N) is 2. The Morgan fingerprint density at radius 3 is 2.55 bits per heavy atom. The van der Waals surface area contributed by atoms with Gasteiger partial charge in [-0.1, -0.05) is 18.2 Å². The second kappa shape index (κ2) is 10.7. The molecule has 0 bridgehead atoms. The lowest BCUT2D eigenvalue weighted by atomic mass is 9.91. The molecule has 0 saturated heterocycles. The number of hydrogen-bond acceptors (Lipinski definition) is 6. The van der Waals surface area contributed by atoms with E-state index >= 15 is 0 Å². The Morgan fingerprint density at radius 2 is 1.91 bits per heavy atom. The van der Waals surface area contributed by atoms with Crippen LogP contribution in [0.15, 0.2) is 59.8 Å². The minimum absolute atomic E-state index is 0.0249. The number of benzene rings is 1. The minimum atomic E-state index is -5.08. The number of aliphatic carboxylic acids is 1. The molecule has 0 fully saturated rings. The molecule has 0 amide bonds. The molecular formula is C22H21F3N4O4. The van der Waals surface area contributed by atoms with Gasteiger partial charge in [0.15, 0.2) is 0 Å². The molecule has 0 radical (unpaired) electrons. The van der Waals surface area contributed by atoms with E-state index in [4.69, 9.17) is 14.6 Å². The molecular weight excluding hydrogens is 441 g/mol. The summed E-state index contributed by atoms with van der Waals surface area (Å²) in [5.74, 6) is -1.55. The molecule has 4 rings (SSSR count). The molecule has 0 aliphatic heterocycles. The van der Waals surface area contributed by atoms with Gasteiger partial charge in [0.1, 0.15) is 5.75 Å². The molecule has 0 saturated carbocycles. The first-order valence-corrected chi connectivity index (χ1v) is 10.0. The number of carboxylic acids is 1. The predicted molar refractivity (Wildman–Crippen MR) is 112 cm³/mol. The maximum atomic E-state index is 11.5. The quantitative estimate of drug-likeness (QED) is 0.529. The van der Waals surface area contributed by atoms with Gasteiger partial charge in [0, 0.05) is 36.7 Å². The van der Waals surface area contributed by atoms with Crippen molar-refractivity contribution >= 4 is 5.97 Å². The highest BCUT2D eigenvalue weighted by atomic mass is 19.4. The van der Waals surface area contributed by atoms with Gasteiger partial charge in [-0.2, -0.15) is 13.2 Å². The van der Waals surface area contributed by atoms with Crippen LogP contribution in [0.1, 0.15) is 35.7 Å². The highest BCUT2D eigenvalue weighted by molar-refractivity contribution is 5.73. The summed E-state index contributed by atoms with van der Waals surface area (Å²) >= 11 is 0. The van der Waals surface area contributed by atoms with Crippen molar-refractivity contribution in [2.24, 2.45) is 0 Å². The maximum absolute atomic E-state index is 11.5. The Bertz CT molecular complexity index is 1120. The van der Waals surface area contributed by atoms with Gasteiger partial charge in [-0.15, -0.1) is 0 Å². The molecule has 0 spiro atoms. The van der Waals surface area contributed by atoms with E-state index in [0.29, 0.717) is 5.88 Å². The molecule has 1 aliphatic rings. The summed E-state index contributed by atoms with van der Waals surface area (Å²) in [6.45, 7) is 0.759. The van der Waals surface area contributed by atoms with Crippen molar-refractivity contribution in [2.75, 3.05) is 0 Å². The molecule has 2 heterocycles. The van der Waals surface area contributed by atoms with E-state index in [0.717, 1.165) is 37.3 Å². The van der Waals surface area contributed by atoms with Crippen molar-refractivity contribution in [3.8, 4) is 11.6 Å². The van der Waals surface area contributed by atoms with Crippen molar-refractivity contribution in [1.82, 2.24) is 20.3 Å². The minimum Gasteiger partial charge on any atom is -0.475 e. The van der Waals surface area contributed by atoms with Crippen LogP contribution in [0.25, 0.3) is 0 Å². The van der Waals surface area contributed by atoms with Gasteiger partial charge in [0.05, 0.1) is 6.20 Å². The molecule has 11 heteroatoms. The largest absolute Gasteiger partial charge is 0.490 e. The number of hydrogen-bond donors (Lipinski definition) is 3. The number of carboxylic acid groups (broad SMARTS) is 1. The third-order valence-electron chi connectivity index (χ3n) is 4.81. The van der Waals surface area contributed by atoms with Crippen LogP contribution in [-0.4, -0.2) is 32.2 Å². The average molecular weight is 462 g/mol. The molecule has 1 atom stereocenters. The number of H-pyrrole nitrogens is 1. The number of halogens is 3. The fourth-order valence-corrected chi connectivity index (χ4v) is 3.29. The maximum Gasteiger partial charge on any atom is 0.490 e. The zero-order valence-corrected chi connectivity index (χ0v) is 17.3. The third kappa shape index (κ3) is 7.14. The zero-order valence-electron chi connectivity index (χ0n) is 17.3. The van der Waals surface area contributed by atoms with E-state index in [9.17, 15) is 18.0 Å². The Labute approximate surface area is 186 Å². The van der Waals surface area contributed by atoms with Gasteiger partial charge < -0.3 is 20.1 Å². The molecule has 1 unspecified atom stereocenters. The summed E-state index contributed by atoms with van der Waals surface area (Å²) in [5.41, 5.74) is 3.42. The van der Waals surface area contributed by atoms with Gasteiger partial charge in [-0.3, -0.25) is 9.78 Å². The number of aromatic amines is 1. The summed E-state index contributed by atoms with van der Waals surface area (Å²) in [6, 6.07) is 11.8. The van der Waals surface area contributed by atoms with Gasteiger partial charge in [0.2, 0.25) is 11.4 Å². The fourth-order valence-electron chi connectivity index (χ4n) is 3.29.